The minimum atomic E-state index is 0.334. The van der Waals surface area contributed by atoms with Gasteiger partial charge in [-0.05, 0) is 31.0 Å². The van der Waals surface area contributed by atoms with Crippen LogP contribution >= 0.6 is 11.3 Å². The van der Waals surface area contributed by atoms with E-state index in [1.165, 1.54) is 10.4 Å². The van der Waals surface area contributed by atoms with E-state index in [1.807, 2.05) is 7.05 Å². The van der Waals surface area contributed by atoms with Crippen LogP contribution < -0.4 is 5.32 Å². The molecule has 0 saturated carbocycles. The van der Waals surface area contributed by atoms with Gasteiger partial charge in [-0.3, -0.25) is 0 Å². The first-order valence-corrected chi connectivity index (χ1v) is 4.87. The minimum absolute atomic E-state index is 0.334. The Labute approximate surface area is 77.6 Å². The third-order valence-corrected chi connectivity index (χ3v) is 2.82. The summed E-state index contributed by atoms with van der Waals surface area (Å²) in [6.07, 6.45) is 0. The normalized spacial score (nSPS) is 13.2. The lowest BCUT2D eigenvalue weighted by atomic mass is 10.1. The molecule has 3 heteroatoms. The molecular weight excluding hydrogens is 170 g/mol. The maximum absolute atomic E-state index is 5.12. The zero-order valence-corrected chi connectivity index (χ0v) is 8.57. The molecule has 12 heavy (non-hydrogen) atoms. The van der Waals surface area contributed by atoms with Gasteiger partial charge in [-0.1, -0.05) is 0 Å². The van der Waals surface area contributed by atoms with Gasteiger partial charge in [-0.25, -0.2) is 0 Å². The molecular formula is C9H15NOS. The molecule has 2 nitrogen and oxygen atoms in total. The van der Waals surface area contributed by atoms with Crippen LogP contribution in [0.1, 0.15) is 16.5 Å². The maximum Gasteiger partial charge on any atom is 0.0657 e. The highest BCUT2D eigenvalue weighted by atomic mass is 32.1. The van der Waals surface area contributed by atoms with E-state index in [2.05, 4.69) is 23.7 Å². The van der Waals surface area contributed by atoms with Crippen molar-refractivity contribution in [1.82, 2.24) is 5.32 Å². The van der Waals surface area contributed by atoms with Crippen molar-refractivity contribution in [3.63, 3.8) is 0 Å². The molecule has 0 aliphatic rings. The number of thiophene rings is 1. The third kappa shape index (κ3) is 2.06. The largest absolute Gasteiger partial charge is 0.383 e. The summed E-state index contributed by atoms with van der Waals surface area (Å²) in [6.45, 7) is 2.87. The van der Waals surface area contributed by atoms with Crippen molar-refractivity contribution in [2.45, 2.75) is 13.0 Å². The molecule has 1 aromatic rings. The van der Waals surface area contributed by atoms with Crippen LogP contribution in [0.3, 0.4) is 0 Å². The summed E-state index contributed by atoms with van der Waals surface area (Å²) in [5, 5.41) is 5.34. The van der Waals surface area contributed by atoms with Crippen molar-refractivity contribution in [3.05, 3.63) is 21.9 Å². The van der Waals surface area contributed by atoms with Crippen LogP contribution in [-0.4, -0.2) is 20.8 Å². The summed E-state index contributed by atoms with van der Waals surface area (Å²) < 4.78 is 5.12. The second-order valence-electron chi connectivity index (χ2n) is 2.73. The van der Waals surface area contributed by atoms with Crippen LogP contribution in [0.25, 0.3) is 0 Å². The first-order chi connectivity index (χ1) is 5.79. The molecule has 1 atom stereocenters. The Hall–Kier alpha value is -0.380. The van der Waals surface area contributed by atoms with E-state index in [0.717, 1.165) is 6.61 Å². The Balaban J connectivity index is 2.72. The first-order valence-electron chi connectivity index (χ1n) is 3.99. The summed E-state index contributed by atoms with van der Waals surface area (Å²) in [5.41, 5.74) is 1.35. The van der Waals surface area contributed by atoms with E-state index in [-0.39, 0.29) is 0 Å². The molecule has 0 aliphatic carbocycles. The van der Waals surface area contributed by atoms with Gasteiger partial charge in [0.1, 0.15) is 0 Å². The van der Waals surface area contributed by atoms with Crippen LogP contribution in [0, 0.1) is 6.92 Å². The highest BCUT2D eigenvalue weighted by molar-refractivity contribution is 7.10. The van der Waals surface area contributed by atoms with Gasteiger partial charge in [0.05, 0.1) is 12.6 Å². The molecule has 0 spiro atoms. The fraction of sp³-hybridized carbons (Fsp3) is 0.556. The van der Waals surface area contributed by atoms with E-state index < -0.39 is 0 Å². The molecule has 1 N–H and O–H groups in total. The Morgan fingerprint density at radius 3 is 2.83 bits per heavy atom. The number of hydrogen-bond donors (Lipinski definition) is 1. The lowest BCUT2D eigenvalue weighted by Gasteiger charge is -2.14. The molecule has 1 unspecified atom stereocenters. The Bertz CT molecular complexity index is 234. The fourth-order valence-corrected chi connectivity index (χ4v) is 2.02. The monoisotopic (exact) mass is 185 g/mol. The van der Waals surface area contributed by atoms with Crippen molar-refractivity contribution in [1.29, 1.82) is 0 Å². The zero-order chi connectivity index (χ0) is 8.97. The minimum Gasteiger partial charge on any atom is -0.383 e. The van der Waals surface area contributed by atoms with Crippen molar-refractivity contribution in [3.8, 4) is 0 Å². The molecule has 1 heterocycles. The van der Waals surface area contributed by atoms with Gasteiger partial charge >= 0.3 is 0 Å². The summed E-state index contributed by atoms with van der Waals surface area (Å²) in [5.74, 6) is 0. The molecule has 0 aliphatic heterocycles. The highest BCUT2D eigenvalue weighted by Gasteiger charge is 2.11. The summed E-state index contributed by atoms with van der Waals surface area (Å²) >= 11 is 1.78. The van der Waals surface area contributed by atoms with E-state index in [0.29, 0.717) is 6.04 Å². The van der Waals surface area contributed by atoms with E-state index in [1.54, 1.807) is 18.4 Å². The molecule has 0 aromatic carbocycles. The van der Waals surface area contributed by atoms with Gasteiger partial charge < -0.3 is 10.1 Å². The number of hydrogen-bond acceptors (Lipinski definition) is 3. The molecule has 0 fully saturated rings. The quantitative estimate of drug-likeness (QED) is 0.774. The number of methoxy groups -OCH3 is 1. The number of aryl methyl sites for hydroxylation is 1. The molecule has 1 rings (SSSR count). The van der Waals surface area contributed by atoms with Crippen LogP contribution in [0.15, 0.2) is 11.4 Å². The molecule has 0 bridgehead atoms. The first kappa shape index (κ1) is 9.71. The van der Waals surface area contributed by atoms with E-state index in [4.69, 9.17) is 4.74 Å². The fourth-order valence-electron chi connectivity index (χ4n) is 1.25. The van der Waals surface area contributed by atoms with Gasteiger partial charge in [0.15, 0.2) is 0 Å². The standard InChI is InChI=1S/C9H15NOS/c1-7-8(4-5-12-7)9(10-2)6-11-3/h4-5,9-10H,6H2,1-3H3. The SMILES string of the molecule is CNC(COC)c1ccsc1C. The van der Waals surface area contributed by atoms with Crippen molar-refractivity contribution >= 4 is 11.3 Å². The van der Waals surface area contributed by atoms with Gasteiger partial charge in [0, 0.05) is 12.0 Å². The summed E-state index contributed by atoms with van der Waals surface area (Å²) in [6, 6.07) is 2.49. The smallest absolute Gasteiger partial charge is 0.0657 e. The summed E-state index contributed by atoms with van der Waals surface area (Å²) in [4.78, 5) is 1.37. The average molecular weight is 185 g/mol. The lowest BCUT2D eigenvalue weighted by molar-refractivity contribution is 0.170. The highest BCUT2D eigenvalue weighted by Crippen LogP contribution is 2.22. The van der Waals surface area contributed by atoms with Gasteiger partial charge in [-0.2, -0.15) is 0 Å². The van der Waals surface area contributed by atoms with Gasteiger partial charge in [0.25, 0.3) is 0 Å². The third-order valence-electron chi connectivity index (χ3n) is 1.96. The van der Waals surface area contributed by atoms with Crippen LogP contribution in [0.5, 0.6) is 0 Å². The second kappa shape index (κ2) is 4.60. The lowest BCUT2D eigenvalue weighted by Crippen LogP contribution is -2.21. The molecule has 1 aromatic heterocycles. The molecule has 0 radical (unpaired) electrons. The Morgan fingerprint density at radius 1 is 1.67 bits per heavy atom. The molecule has 0 saturated heterocycles. The molecule has 0 amide bonds. The number of rotatable bonds is 4. The van der Waals surface area contributed by atoms with Crippen LogP contribution in [0.4, 0.5) is 0 Å². The van der Waals surface area contributed by atoms with Gasteiger partial charge in [0.2, 0.25) is 0 Å². The average Bonchev–Trinajstić information content (AvgIpc) is 2.47. The molecule has 68 valence electrons. The van der Waals surface area contributed by atoms with E-state index in [9.17, 15) is 0 Å². The predicted octanol–water partition coefficient (Wildman–Crippen LogP) is 1.96. The second-order valence-corrected chi connectivity index (χ2v) is 3.85. The summed E-state index contributed by atoms with van der Waals surface area (Å²) in [7, 11) is 3.69. The van der Waals surface area contributed by atoms with Crippen molar-refractivity contribution in [2.75, 3.05) is 20.8 Å². The van der Waals surface area contributed by atoms with Crippen LogP contribution in [0.2, 0.25) is 0 Å². The Morgan fingerprint density at radius 2 is 2.42 bits per heavy atom. The van der Waals surface area contributed by atoms with E-state index >= 15 is 0 Å². The predicted molar refractivity (Wildman–Crippen MR) is 52.7 cm³/mol. The van der Waals surface area contributed by atoms with Crippen molar-refractivity contribution in [2.24, 2.45) is 0 Å². The topological polar surface area (TPSA) is 21.3 Å². The number of likely N-dealkylation sites (N-methyl/N-ethyl adjacent to an activating group) is 1. The maximum atomic E-state index is 5.12. The van der Waals surface area contributed by atoms with Crippen molar-refractivity contribution < 1.29 is 4.74 Å². The Kier molecular flexibility index (Phi) is 3.72. The van der Waals surface area contributed by atoms with Gasteiger partial charge in [-0.15, -0.1) is 11.3 Å². The van der Waals surface area contributed by atoms with Crippen LogP contribution in [-0.2, 0) is 4.74 Å². The number of ether oxygens (including phenoxy) is 1. The zero-order valence-electron chi connectivity index (χ0n) is 7.76. The number of nitrogens with one attached hydrogen (secondary N) is 1.